The second kappa shape index (κ2) is 10.7. The highest BCUT2D eigenvalue weighted by atomic mass is 15.3. The molecule has 4 heteroatoms. The minimum Gasteiger partial charge on any atom is -0.335 e. The number of aryl methyl sites for hydroxylation is 4. The van der Waals surface area contributed by atoms with E-state index in [1.165, 1.54) is 130 Å². The van der Waals surface area contributed by atoms with Crippen molar-refractivity contribution in [2.24, 2.45) is 0 Å². The van der Waals surface area contributed by atoms with Gasteiger partial charge in [-0.1, -0.05) is 88.1 Å². The van der Waals surface area contributed by atoms with Gasteiger partial charge >= 0.3 is 0 Å². The molecule has 0 N–H and O–H groups in total. The zero-order chi connectivity index (χ0) is 37.1. The van der Waals surface area contributed by atoms with Crippen LogP contribution in [0.4, 0.5) is 39.8 Å². The minimum absolute atomic E-state index is 0.0118. The molecule has 2 aliphatic carbocycles. The normalized spacial score (nSPS) is 28.3. The topological polar surface area (TPSA) is 9.72 Å². The number of rotatable bonds is 2. The summed E-state index contributed by atoms with van der Waals surface area (Å²) in [6.45, 7) is 19.8. The van der Waals surface area contributed by atoms with Crippen molar-refractivity contribution in [1.29, 1.82) is 0 Å². The van der Waals surface area contributed by atoms with Crippen LogP contribution in [0.5, 0.6) is 0 Å². The summed E-state index contributed by atoms with van der Waals surface area (Å²) in [6.07, 6.45) is 10.0. The predicted octanol–water partition coefficient (Wildman–Crippen LogP) is 11.0. The summed E-state index contributed by atoms with van der Waals surface area (Å²) in [6, 6.07) is 34.1. The van der Waals surface area contributed by atoms with Gasteiger partial charge in [-0.3, -0.25) is 0 Å². The largest absolute Gasteiger partial charge is 0.335 e. The maximum atomic E-state index is 2.91. The fourth-order valence-corrected chi connectivity index (χ4v) is 13.3. The fraction of sp³-hybridized carbons (Fsp3) is 0.400. The van der Waals surface area contributed by atoms with Crippen LogP contribution in [-0.2, 0) is 10.8 Å². The van der Waals surface area contributed by atoms with Gasteiger partial charge in [0.15, 0.2) is 0 Å². The van der Waals surface area contributed by atoms with E-state index in [0.29, 0.717) is 0 Å². The Labute approximate surface area is 323 Å². The van der Waals surface area contributed by atoms with Crippen LogP contribution in [0.2, 0.25) is 0 Å². The molecule has 0 saturated heterocycles. The first kappa shape index (κ1) is 32.9. The molecule has 4 aliphatic heterocycles. The lowest BCUT2D eigenvalue weighted by Crippen LogP contribution is -2.64. The first-order valence-corrected chi connectivity index (χ1v) is 20.9. The Balaban J connectivity index is 1.28. The van der Waals surface area contributed by atoms with Gasteiger partial charge in [0.05, 0.1) is 11.1 Å². The molecule has 0 aromatic heterocycles. The van der Waals surface area contributed by atoms with Crippen molar-refractivity contribution in [3.05, 3.63) is 118 Å². The molecule has 11 rings (SSSR count). The molecule has 2 fully saturated rings. The van der Waals surface area contributed by atoms with E-state index in [-0.39, 0.29) is 28.6 Å². The third-order valence-corrected chi connectivity index (χ3v) is 16.1. The number of hydrogen-bond acceptors (Lipinski definition) is 3. The van der Waals surface area contributed by atoms with Crippen molar-refractivity contribution < 1.29 is 0 Å². The molecule has 0 spiro atoms. The Morgan fingerprint density at radius 2 is 1.19 bits per heavy atom. The SMILES string of the molecule is Cc1cccc(N2c3cc(C)ccc3B3c4cccc5c4N(c4cc(N6c7cc(C)cc(C)c7C7(C)CCCCC67C)cc2c43)C2(C)CCCCC52C)c1. The highest BCUT2D eigenvalue weighted by Gasteiger charge is 2.62. The molecule has 4 heterocycles. The smallest absolute Gasteiger partial charge is 0.252 e. The van der Waals surface area contributed by atoms with E-state index in [2.05, 4.69) is 155 Å². The highest BCUT2D eigenvalue weighted by Crippen LogP contribution is 2.65. The number of benzene rings is 5. The molecule has 2 saturated carbocycles. The average molecular weight is 708 g/mol. The van der Waals surface area contributed by atoms with Gasteiger partial charge in [-0.25, -0.2) is 0 Å². The summed E-state index contributed by atoms with van der Waals surface area (Å²) in [7, 11) is 0. The van der Waals surface area contributed by atoms with Crippen LogP contribution in [0.3, 0.4) is 0 Å². The van der Waals surface area contributed by atoms with Crippen LogP contribution < -0.4 is 31.1 Å². The number of hydrogen-bond donors (Lipinski definition) is 0. The molecule has 0 radical (unpaired) electrons. The second-order valence-corrected chi connectivity index (χ2v) is 19.1. The van der Waals surface area contributed by atoms with Crippen molar-refractivity contribution >= 4 is 62.9 Å². The van der Waals surface area contributed by atoms with Crippen LogP contribution in [0.15, 0.2) is 84.9 Å². The lowest BCUT2D eigenvalue weighted by atomic mass is 9.33. The Bertz CT molecular complexity index is 2470. The van der Waals surface area contributed by atoms with E-state index in [0.717, 1.165) is 0 Å². The quantitative estimate of drug-likeness (QED) is 0.166. The molecule has 5 aromatic carbocycles. The predicted molar refractivity (Wildman–Crippen MR) is 230 cm³/mol. The Morgan fingerprint density at radius 1 is 0.519 bits per heavy atom. The lowest BCUT2D eigenvalue weighted by Gasteiger charge is -2.53. The van der Waals surface area contributed by atoms with Crippen molar-refractivity contribution in [2.45, 2.75) is 129 Å². The number of nitrogens with zero attached hydrogens (tertiary/aromatic N) is 3. The third-order valence-electron chi connectivity index (χ3n) is 16.1. The van der Waals surface area contributed by atoms with Crippen LogP contribution in [0.1, 0.15) is 112 Å². The molecule has 6 aliphatic rings. The van der Waals surface area contributed by atoms with Gasteiger partial charge in [0.2, 0.25) is 0 Å². The van der Waals surface area contributed by atoms with E-state index < -0.39 is 0 Å². The summed E-state index contributed by atoms with van der Waals surface area (Å²) in [5.74, 6) is 0. The Morgan fingerprint density at radius 3 is 1.96 bits per heavy atom. The summed E-state index contributed by atoms with van der Waals surface area (Å²) in [5.41, 5.74) is 22.7. The maximum Gasteiger partial charge on any atom is 0.252 e. The van der Waals surface area contributed by atoms with Crippen molar-refractivity contribution in [1.82, 2.24) is 0 Å². The van der Waals surface area contributed by atoms with Crippen LogP contribution in [0, 0.1) is 27.7 Å². The van der Waals surface area contributed by atoms with Gasteiger partial charge in [-0.15, -0.1) is 0 Å². The molecule has 3 nitrogen and oxygen atoms in total. The van der Waals surface area contributed by atoms with Gasteiger partial charge in [-0.2, -0.15) is 0 Å². The molecule has 4 atom stereocenters. The highest BCUT2D eigenvalue weighted by molar-refractivity contribution is 7.00. The van der Waals surface area contributed by atoms with Crippen molar-refractivity contribution in [2.75, 3.05) is 14.7 Å². The molecule has 54 heavy (non-hydrogen) atoms. The van der Waals surface area contributed by atoms with E-state index in [1.807, 2.05) is 0 Å². The summed E-state index contributed by atoms with van der Waals surface area (Å²) < 4.78 is 0. The number of anilines is 7. The lowest BCUT2D eigenvalue weighted by molar-refractivity contribution is 0.193. The molecule has 4 unspecified atom stereocenters. The van der Waals surface area contributed by atoms with Crippen molar-refractivity contribution in [3.63, 3.8) is 0 Å². The first-order chi connectivity index (χ1) is 25.9. The summed E-state index contributed by atoms with van der Waals surface area (Å²) in [5, 5.41) is 0. The monoisotopic (exact) mass is 707 g/mol. The molecule has 5 aromatic rings. The molecular weight excluding hydrogens is 653 g/mol. The fourth-order valence-electron chi connectivity index (χ4n) is 13.3. The van der Waals surface area contributed by atoms with Crippen LogP contribution in [0.25, 0.3) is 0 Å². The number of fused-ring (bicyclic) bond motifs is 10. The molecular formula is C50H54BN3. The number of para-hydroxylation sites is 1. The van der Waals surface area contributed by atoms with Crippen LogP contribution >= 0.6 is 0 Å². The van der Waals surface area contributed by atoms with Gasteiger partial charge in [-0.05, 0) is 153 Å². The third kappa shape index (κ3) is 3.81. The van der Waals surface area contributed by atoms with Gasteiger partial charge in [0, 0.05) is 50.6 Å². The second-order valence-electron chi connectivity index (χ2n) is 19.1. The molecule has 0 bridgehead atoms. The van der Waals surface area contributed by atoms with E-state index in [1.54, 1.807) is 11.1 Å². The van der Waals surface area contributed by atoms with Crippen molar-refractivity contribution in [3.8, 4) is 0 Å². The molecule has 272 valence electrons. The first-order valence-electron chi connectivity index (χ1n) is 20.9. The van der Waals surface area contributed by atoms with E-state index in [4.69, 9.17) is 0 Å². The van der Waals surface area contributed by atoms with Gasteiger partial charge in [0.1, 0.15) is 0 Å². The zero-order valence-corrected chi connectivity index (χ0v) is 33.7. The summed E-state index contributed by atoms with van der Waals surface area (Å²) in [4.78, 5) is 8.40. The zero-order valence-electron chi connectivity index (χ0n) is 33.7. The maximum absolute atomic E-state index is 2.91. The van der Waals surface area contributed by atoms with Gasteiger partial charge < -0.3 is 14.7 Å². The average Bonchev–Trinajstić information content (AvgIpc) is 3.48. The molecule has 0 amide bonds. The standard InChI is InChI=1S/C50H54BN3/c1-31-15-13-16-35(26-31)52-40-27-32(2)19-20-38(40)51-39-18-14-17-37-46(39)54(49(7)23-11-9-21-47(37,49)5)43-30-36(29-42(52)45(43)51)53-41-28-33(3)25-34(4)44(41)48(6)22-10-12-24-50(48,53)8/h13-20,25-30H,9-12,21-24H2,1-8H3. The Hall–Kier alpha value is -4.44. The minimum atomic E-state index is -0.0319. The van der Waals surface area contributed by atoms with Gasteiger partial charge in [0.25, 0.3) is 6.71 Å². The summed E-state index contributed by atoms with van der Waals surface area (Å²) >= 11 is 0. The van der Waals surface area contributed by atoms with E-state index >= 15 is 0 Å². The van der Waals surface area contributed by atoms with E-state index in [9.17, 15) is 0 Å². The van der Waals surface area contributed by atoms with Crippen LogP contribution in [-0.4, -0.2) is 17.8 Å². The Kier molecular flexibility index (Phi) is 6.50.